The highest BCUT2D eigenvalue weighted by Crippen LogP contribution is 2.76. The first-order valence-electron chi connectivity index (χ1n) is 11.0. The molecule has 0 aromatic carbocycles. The molecule has 4 saturated carbocycles. The maximum atomic E-state index is 3.59. The van der Waals surface area contributed by atoms with Gasteiger partial charge in [-0.25, -0.2) is 0 Å². The molecule has 25 heavy (non-hydrogen) atoms. The Morgan fingerprint density at radius 3 is 1.36 bits per heavy atom. The van der Waals surface area contributed by atoms with Crippen LogP contribution in [0.3, 0.4) is 0 Å². The predicted octanol–water partition coefficient (Wildman–Crippen LogP) is 6.29. The molecule has 5 aliphatic carbocycles. The molecular formula is C25H38. The molecule has 0 amide bonds. The molecule has 0 nitrogen and oxygen atoms in total. The van der Waals surface area contributed by atoms with Gasteiger partial charge in [-0.1, -0.05) is 55.4 Å². The minimum Gasteiger partial charge on any atom is -0.129 e. The lowest BCUT2D eigenvalue weighted by atomic mass is 9.51. The maximum absolute atomic E-state index is 3.59. The normalized spacial score (nSPS) is 62.1. The van der Waals surface area contributed by atoms with Crippen LogP contribution in [0.4, 0.5) is 0 Å². The van der Waals surface area contributed by atoms with E-state index in [0.717, 1.165) is 71.0 Å². The molecule has 0 heterocycles. The summed E-state index contributed by atoms with van der Waals surface area (Å²) in [5.41, 5.74) is 4.57. The molecule has 5 aliphatic rings. The van der Waals surface area contributed by atoms with E-state index in [-0.39, 0.29) is 0 Å². The van der Waals surface area contributed by atoms with Crippen molar-refractivity contribution < 1.29 is 0 Å². The third kappa shape index (κ3) is 1.64. The zero-order valence-electron chi connectivity index (χ0n) is 17.6. The van der Waals surface area contributed by atoms with Gasteiger partial charge in [0.1, 0.15) is 0 Å². The van der Waals surface area contributed by atoms with Crippen LogP contribution < -0.4 is 0 Å². The first-order valence-corrected chi connectivity index (χ1v) is 11.0. The summed E-state index contributed by atoms with van der Waals surface area (Å²) in [6.07, 6.45) is 4.93. The van der Waals surface area contributed by atoms with Gasteiger partial charge in [-0.15, -0.1) is 5.73 Å². The van der Waals surface area contributed by atoms with Crippen LogP contribution in [0, 0.1) is 81.8 Å². The van der Waals surface area contributed by atoms with Gasteiger partial charge in [0.05, 0.1) is 0 Å². The van der Waals surface area contributed by atoms with E-state index in [1.165, 1.54) is 0 Å². The predicted molar refractivity (Wildman–Crippen MR) is 105 cm³/mol. The van der Waals surface area contributed by atoms with Gasteiger partial charge < -0.3 is 0 Å². The van der Waals surface area contributed by atoms with Crippen molar-refractivity contribution in [1.29, 1.82) is 0 Å². The molecule has 0 aromatic rings. The van der Waals surface area contributed by atoms with E-state index in [9.17, 15) is 0 Å². The van der Waals surface area contributed by atoms with Gasteiger partial charge in [0.2, 0.25) is 0 Å². The van der Waals surface area contributed by atoms with Gasteiger partial charge in [-0.3, -0.25) is 0 Å². The largest absolute Gasteiger partial charge is 0.129 e. The number of allylic oxidation sites excluding steroid dienone is 1. The SMILES string of the molecule is CC1C2C(C(C)C3C1C1C(C)C(C)C3C1(C)C)C1C=C=CC2C1(C)C. The number of hydrogen-bond donors (Lipinski definition) is 0. The van der Waals surface area contributed by atoms with Crippen LogP contribution in [-0.2, 0) is 0 Å². The third-order valence-corrected chi connectivity index (χ3v) is 10.9. The Labute approximate surface area is 155 Å². The summed E-state index contributed by atoms with van der Waals surface area (Å²) < 4.78 is 0. The molecule has 138 valence electrons. The molecule has 0 spiro atoms. The number of rotatable bonds is 0. The maximum Gasteiger partial charge on any atom is -0.00663 e. The molecule has 12 unspecified atom stereocenters. The standard InChI is InChI=1S/C25H38/c1-12-13(2)23-21-15(4)19-17-11-9-10-16(24(17,5)6)18(19)14(3)20(21)22(12)25(23,7)8/h10-23H,1-8H3. The van der Waals surface area contributed by atoms with Gasteiger partial charge >= 0.3 is 0 Å². The van der Waals surface area contributed by atoms with Crippen molar-refractivity contribution in [2.45, 2.75) is 55.4 Å². The van der Waals surface area contributed by atoms with E-state index < -0.39 is 0 Å². The first-order chi connectivity index (χ1) is 11.6. The minimum absolute atomic E-state index is 0.438. The second kappa shape index (κ2) is 4.67. The summed E-state index contributed by atoms with van der Waals surface area (Å²) in [4.78, 5) is 0. The van der Waals surface area contributed by atoms with E-state index in [4.69, 9.17) is 0 Å². The number of fused-ring (bicyclic) bond motifs is 10. The molecule has 5 rings (SSSR count). The molecule has 4 bridgehead atoms. The Hall–Kier alpha value is -0.480. The Morgan fingerprint density at radius 2 is 0.960 bits per heavy atom. The molecule has 0 saturated heterocycles. The average Bonchev–Trinajstić information content (AvgIpc) is 2.87. The van der Waals surface area contributed by atoms with Gasteiger partial charge in [-0.05, 0) is 94.0 Å². The summed E-state index contributed by atoms with van der Waals surface area (Å²) in [6.45, 7) is 20.8. The highest BCUT2D eigenvalue weighted by Gasteiger charge is 2.72. The molecule has 0 radical (unpaired) electrons. The van der Waals surface area contributed by atoms with Crippen molar-refractivity contribution in [2.24, 2.45) is 81.8 Å². The lowest BCUT2D eigenvalue weighted by molar-refractivity contribution is -0.0622. The van der Waals surface area contributed by atoms with Crippen LogP contribution in [0.15, 0.2) is 17.9 Å². The summed E-state index contributed by atoms with van der Waals surface area (Å²) in [5, 5.41) is 0. The summed E-state index contributed by atoms with van der Waals surface area (Å²) in [5.74, 6) is 10.7. The lowest BCUT2D eigenvalue weighted by Crippen LogP contribution is -2.50. The molecule has 0 aliphatic heterocycles. The van der Waals surface area contributed by atoms with E-state index in [2.05, 4.69) is 73.3 Å². The highest BCUT2D eigenvalue weighted by molar-refractivity contribution is 5.25. The second-order valence-corrected chi connectivity index (χ2v) is 12.0. The van der Waals surface area contributed by atoms with E-state index in [1.54, 1.807) is 0 Å². The first kappa shape index (κ1) is 16.7. The fraction of sp³-hybridized carbons (Fsp3) is 0.880. The van der Waals surface area contributed by atoms with Crippen LogP contribution >= 0.6 is 0 Å². The van der Waals surface area contributed by atoms with Crippen LogP contribution in [0.5, 0.6) is 0 Å². The van der Waals surface area contributed by atoms with Crippen LogP contribution in [-0.4, -0.2) is 0 Å². The van der Waals surface area contributed by atoms with Crippen molar-refractivity contribution in [3.8, 4) is 0 Å². The smallest absolute Gasteiger partial charge is 0.00663 e. The van der Waals surface area contributed by atoms with Crippen molar-refractivity contribution in [2.75, 3.05) is 0 Å². The topological polar surface area (TPSA) is 0 Å². The van der Waals surface area contributed by atoms with Gasteiger partial charge in [0, 0.05) is 0 Å². The summed E-state index contributed by atoms with van der Waals surface area (Å²) in [6, 6.07) is 0. The summed E-state index contributed by atoms with van der Waals surface area (Å²) >= 11 is 0. The zero-order chi connectivity index (χ0) is 18.0. The quantitative estimate of drug-likeness (QED) is 0.455. The minimum atomic E-state index is 0.438. The van der Waals surface area contributed by atoms with Crippen LogP contribution in [0.25, 0.3) is 0 Å². The molecular weight excluding hydrogens is 300 g/mol. The van der Waals surface area contributed by atoms with Crippen molar-refractivity contribution in [1.82, 2.24) is 0 Å². The fourth-order valence-electron chi connectivity index (χ4n) is 10.2. The fourth-order valence-corrected chi connectivity index (χ4v) is 10.2. The monoisotopic (exact) mass is 338 g/mol. The summed E-state index contributed by atoms with van der Waals surface area (Å²) in [7, 11) is 0. The van der Waals surface area contributed by atoms with Crippen LogP contribution in [0.1, 0.15) is 55.4 Å². The Bertz CT molecular complexity index is 610. The second-order valence-electron chi connectivity index (χ2n) is 12.0. The van der Waals surface area contributed by atoms with Gasteiger partial charge in [0.25, 0.3) is 0 Å². The van der Waals surface area contributed by atoms with Crippen molar-refractivity contribution >= 4 is 0 Å². The van der Waals surface area contributed by atoms with E-state index >= 15 is 0 Å². The van der Waals surface area contributed by atoms with Gasteiger partial charge in [-0.2, -0.15) is 0 Å². The Balaban J connectivity index is 1.64. The molecule has 0 heteroatoms. The third-order valence-electron chi connectivity index (χ3n) is 10.9. The average molecular weight is 339 g/mol. The van der Waals surface area contributed by atoms with E-state index in [1.807, 2.05) is 0 Å². The van der Waals surface area contributed by atoms with E-state index in [0.29, 0.717) is 10.8 Å². The highest BCUT2D eigenvalue weighted by atomic mass is 14.8. The van der Waals surface area contributed by atoms with Crippen molar-refractivity contribution in [3.63, 3.8) is 0 Å². The van der Waals surface area contributed by atoms with Gasteiger partial charge in [0.15, 0.2) is 0 Å². The number of hydrogen-bond acceptors (Lipinski definition) is 0. The lowest BCUT2D eigenvalue weighted by Gasteiger charge is -2.54. The van der Waals surface area contributed by atoms with Crippen LogP contribution in [0.2, 0.25) is 0 Å². The Kier molecular flexibility index (Phi) is 3.12. The Morgan fingerprint density at radius 1 is 0.560 bits per heavy atom. The molecule has 0 aromatic heterocycles. The van der Waals surface area contributed by atoms with Crippen molar-refractivity contribution in [3.05, 3.63) is 17.9 Å². The zero-order valence-corrected chi connectivity index (χ0v) is 17.6. The molecule has 4 fully saturated rings. The molecule has 12 atom stereocenters. The molecule has 0 N–H and O–H groups in total.